The number of hydrogen-bond acceptors (Lipinski definition) is 3. The van der Waals surface area contributed by atoms with Gasteiger partial charge in [-0.15, -0.1) is 0 Å². The lowest BCUT2D eigenvalue weighted by Crippen LogP contribution is -2.43. The zero-order chi connectivity index (χ0) is 20.1. The molecule has 2 aromatic rings. The number of aryl methyl sites for hydroxylation is 1. The predicted octanol–water partition coefficient (Wildman–Crippen LogP) is 3.79. The van der Waals surface area contributed by atoms with E-state index in [-0.39, 0.29) is 11.8 Å². The highest BCUT2D eigenvalue weighted by molar-refractivity contribution is 6.30. The van der Waals surface area contributed by atoms with Crippen molar-refractivity contribution < 1.29 is 14.3 Å². The fourth-order valence-electron chi connectivity index (χ4n) is 3.35. The maximum atomic E-state index is 12.8. The van der Waals surface area contributed by atoms with Crippen molar-refractivity contribution in [3.63, 3.8) is 0 Å². The third-order valence-corrected chi connectivity index (χ3v) is 5.20. The summed E-state index contributed by atoms with van der Waals surface area (Å²) in [6.07, 6.45) is 0.150. The second-order valence-electron chi connectivity index (χ2n) is 7.00. The fraction of sp³-hybridized carbons (Fsp3) is 0.364. The Balaban J connectivity index is 1.59. The first-order valence-corrected chi connectivity index (χ1v) is 9.89. The van der Waals surface area contributed by atoms with E-state index < -0.39 is 6.10 Å². The van der Waals surface area contributed by atoms with E-state index in [1.54, 1.807) is 36.1 Å². The number of carbonyl (C=O) groups excluding carboxylic acids is 2. The molecule has 2 aromatic carbocycles. The highest BCUT2D eigenvalue weighted by atomic mass is 35.5. The van der Waals surface area contributed by atoms with Gasteiger partial charge in [0.25, 0.3) is 11.8 Å². The van der Waals surface area contributed by atoms with Crippen LogP contribution in [0, 0.1) is 6.92 Å². The number of ether oxygens (including phenoxy) is 1. The lowest BCUT2D eigenvalue weighted by molar-refractivity contribution is -0.137. The van der Waals surface area contributed by atoms with Gasteiger partial charge in [0.2, 0.25) is 0 Å². The molecule has 0 aliphatic carbocycles. The van der Waals surface area contributed by atoms with E-state index in [2.05, 4.69) is 0 Å². The van der Waals surface area contributed by atoms with Crippen molar-refractivity contribution in [2.45, 2.75) is 26.4 Å². The minimum Gasteiger partial charge on any atom is -0.481 e. The average Bonchev–Trinajstić information content (AvgIpc) is 2.95. The molecule has 0 saturated carbocycles. The van der Waals surface area contributed by atoms with Gasteiger partial charge in [-0.2, -0.15) is 0 Å². The van der Waals surface area contributed by atoms with E-state index in [9.17, 15) is 9.59 Å². The van der Waals surface area contributed by atoms with Gasteiger partial charge in [0.05, 0.1) is 0 Å². The first-order valence-electron chi connectivity index (χ1n) is 9.51. The molecule has 0 radical (unpaired) electrons. The highest BCUT2D eigenvalue weighted by Gasteiger charge is 2.26. The van der Waals surface area contributed by atoms with Gasteiger partial charge >= 0.3 is 0 Å². The molecular weight excluding hydrogens is 376 g/mol. The number of halogens is 1. The van der Waals surface area contributed by atoms with Crippen molar-refractivity contribution in [2.75, 3.05) is 26.2 Å². The monoisotopic (exact) mass is 400 g/mol. The molecule has 3 rings (SSSR count). The summed E-state index contributed by atoms with van der Waals surface area (Å²) >= 11 is 5.88. The molecule has 1 fully saturated rings. The van der Waals surface area contributed by atoms with Crippen molar-refractivity contribution in [3.8, 4) is 5.75 Å². The van der Waals surface area contributed by atoms with Crippen LogP contribution < -0.4 is 4.74 Å². The van der Waals surface area contributed by atoms with Crippen molar-refractivity contribution in [1.29, 1.82) is 0 Å². The second-order valence-corrected chi connectivity index (χ2v) is 7.44. The van der Waals surface area contributed by atoms with Crippen LogP contribution in [-0.4, -0.2) is 53.9 Å². The van der Waals surface area contributed by atoms with Gasteiger partial charge in [0, 0.05) is 36.8 Å². The van der Waals surface area contributed by atoms with Gasteiger partial charge in [0.1, 0.15) is 5.75 Å². The van der Waals surface area contributed by atoms with Gasteiger partial charge in [-0.1, -0.05) is 29.8 Å². The first kappa shape index (κ1) is 20.2. The Kier molecular flexibility index (Phi) is 6.57. The Morgan fingerprint density at radius 1 is 0.964 bits per heavy atom. The average molecular weight is 401 g/mol. The third-order valence-electron chi connectivity index (χ3n) is 4.94. The van der Waals surface area contributed by atoms with Crippen molar-refractivity contribution >= 4 is 23.4 Å². The molecule has 6 heteroatoms. The largest absolute Gasteiger partial charge is 0.481 e. The van der Waals surface area contributed by atoms with Gasteiger partial charge in [-0.3, -0.25) is 9.59 Å². The quantitative estimate of drug-likeness (QED) is 0.784. The van der Waals surface area contributed by atoms with E-state index in [1.165, 1.54) is 0 Å². The van der Waals surface area contributed by atoms with Crippen molar-refractivity contribution in [3.05, 3.63) is 64.7 Å². The second kappa shape index (κ2) is 9.11. The molecular formula is C22H25ClN2O3. The third kappa shape index (κ3) is 4.84. The van der Waals surface area contributed by atoms with E-state index in [0.29, 0.717) is 37.0 Å². The number of amides is 2. The molecule has 1 atom stereocenters. The first-order chi connectivity index (χ1) is 13.5. The van der Waals surface area contributed by atoms with E-state index >= 15 is 0 Å². The lowest BCUT2D eigenvalue weighted by Gasteiger charge is -2.25. The normalized spacial score (nSPS) is 15.7. The Morgan fingerprint density at radius 2 is 1.61 bits per heavy atom. The van der Waals surface area contributed by atoms with E-state index in [0.717, 1.165) is 17.5 Å². The molecule has 0 aromatic heterocycles. The number of hydrogen-bond donors (Lipinski definition) is 0. The van der Waals surface area contributed by atoms with Crippen LogP contribution >= 0.6 is 11.6 Å². The Morgan fingerprint density at radius 3 is 2.32 bits per heavy atom. The predicted molar refractivity (Wildman–Crippen MR) is 110 cm³/mol. The molecule has 148 valence electrons. The Hall–Kier alpha value is -2.53. The van der Waals surface area contributed by atoms with Gasteiger partial charge in [-0.05, 0) is 56.2 Å². The summed E-state index contributed by atoms with van der Waals surface area (Å²) in [5, 5.41) is 0.622. The number of carbonyl (C=O) groups is 2. The smallest absolute Gasteiger partial charge is 0.263 e. The molecule has 5 nitrogen and oxygen atoms in total. The summed E-state index contributed by atoms with van der Waals surface area (Å²) in [4.78, 5) is 29.3. The molecule has 0 bridgehead atoms. The molecule has 1 unspecified atom stereocenters. The van der Waals surface area contributed by atoms with Crippen LogP contribution in [-0.2, 0) is 4.79 Å². The van der Waals surface area contributed by atoms with Crippen LogP contribution in [0.2, 0.25) is 5.02 Å². The Bertz CT molecular complexity index is 838. The highest BCUT2D eigenvalue weighted by Crippen LogP contribution is 2.18. The van der Waals surface area contributed by atoms with Crippen LogP contribution in [0.5, 0.6) is 5.75 Å². The summed E-state index contributed by atoms with van der Waals surface area (Å²) in [5.41, 5.74) is 1.69. The van der Waals surface area contributed by atoms with E-state index in [4.69, 9.17) is 16.3 Å². The zero-order valence-electron chi connectivity index (χ0n) is 16.2. The molecule has 0 spiro atoms. The van der Waals surface area contributed by atoms with Crippen LogP contribution in [0.15, 0.2) is 48.5 Å². The summed E-state index contributed by atoms with van der Waals surface area (Å²) in [6.45, 7) is 5.97. The molecule has 2 amide bonds. The summed E-state index contributed by atoms with van der Waals surface area (Å²) in [5.74, 6) is 0.564. The maximum absolute atomic E-state index is 12.8. The van der Waals surface area contributed by atoms with Gasteiger partial charge in [-0.25, -0.2) is 0 Å². The Labute approximate surface area is 170 Å². The van der Waals surface area contributed by atoms with Gasteiger partial charge in [0.15, 0.2) is 6.10 Å². The molecule has 1 heterocycles. The van der Waals surface area contributed by atoms with Gasteiger partial charge < -0.3 is 14.5 Å². The van der Waals surface area contributed by atoms with Crippen LogP contribution in [0.25, 0.3) is 0 Å². The minimum absolute atomic E-state index is 0.0258. The maximum Gasteiger partial charge on any atom is 0.263 e. The summed E-state index contributed by atoms with van der Waals surface area (Å²) < 4.78 is 5.75. The number of nitrogens with zero attached hydrogens (tertiary/aromatic N) is 2. The van der Waals surface area contributed by atoms with Crippen LogP contribution in [0.3, 0.4) is 0 Å². The molecule has 1 aliphatic heterocycles. The van der Waals surface area contributed by atoms with Crippen LogP contribution in [0.1, 0.15) is 29.3 Å². The zero-order valence-corrected chi connectivity index (χ0v) is 17.0. The fourth-order valence-corrected chi connectivity index (χ4v) is 3.47. The van der Waals surface area contributed by atoms with Crippen LogP contribution in [0.4, 0.5) is 0 Å². The lowest BCUT2D eigenvalue weighted by atomic mass is 10.1. The minimum atomic E-state index is -0.597. The number of benzene rings is 2. The molecule has 1 saturated heterocycles. The summed E-state index contributed by atoms with van der Waals surface area (Å²) in [6, 6.07) is 14.6. The molecule has 0 N–H and O–H groups in total. The van der Waals surface area contributed by atoms with E-state index in [1.807, 2.05) is 36.1 Å². The topological polar surface area (TPSA) is 49.9 Å². The SMILES string of the molecule is Cc1ccccc1C(=O)N1CCCN(C(=O)C(C)Oc2ccc(Cl)cc2)CC1. The summed E-state index contributed by atoms with van der Waals surface area (Å²) in [7, 11) is 0. The molecule has 1 aliphatic rings. The standard InChI is InChI=1S/C22H25ClN2O3/c1-16-6-3-4-7-20(16)22(27)25-13-5-12-24(14-15-25)21(26)17(2)28-19-10-8-18(23)9-11-19/h3-4,6-11,17H,5,12-15H2,1-2H3. The van der Waals surface area contributed by atoms with Crippen molar-refractivity contribution in [2.24, 2.45) is 0 Å². The number of rotatable bonds is 4. The van der Waals surface area contributed by atoms with Crippen molar-refractivity contribution in [1.82, 2.24) is 9.80 Å². The molecule has 28 heavy (non-hydrogen) atoms.